The molecule has 4 nitrogen and oxygen atoms in total. The van der Waals surface area contributed by atoms with Crippen LogP contribution in [0.3, 0.4) is 0 Å². The molecule has 0 aliphatic carbocycles. The normalized spacial score (nSPS) is 10.7. The third-order valence-corrected chi connectivity index (χ3v) is 3.28. The minimum Gasteiger partial charge on any atom is -0.337 e. The fourth-order valence-electron chi connectivity index (χ4n) is 2.21. The number of carbonyl (C=O) groups excluding carboxylic acids is 1. The molecule has 0 saturated heterocycles. The number of hydrogen-bond donors (Lipinski definition) is 1. The van der Waals surface area contributed by atoms with Crippen LogP contribution in [0.25, 0.3) is 11.0 Å². The number of amides is 1. The number of nitrogens with zero attached hydrogens (tertiary/aromatic N) is 2. The van der Waals surface area contributed by atoms with Gasteiger partial charge >= 0.3 is 6.03 Å². The van der Waals surface area contributed by atoms with Crippen LogP contribution in [-0.4, -0.2) is 22.1 Å². The minimum absolute atomic E-state index is 0.204. The molecular weight excluding hydrogens is 269 g/mol. The second-order valence-electron chi connectivity index (χ2n) is 4.69. The lowest BCUT2D eigenvalue weighted by Crippen LogP contribution is -2.29. The van der Waals surface area contributed by atoms with E-state index in [4.69, 9.17) is 0 Å². The molecule has 0 aliphatic rings. The average Bonchev–Trinajstić information content (AvgIpc) is 2.94. The molecule has 1 aromatic heterocycles. The first-order chi connectivity index (χ1) is 10.3. The predicted octanol–water partition coefficient (Wildman–Crippen LogP) is 2.98. The Labute approximate surface area is 121 Å². The first kappa shape index (κ1) is 13.3. The Hall–Kier alpha value is -2.69. The Balaban J connectivity index is 1.69. The molecule has 106 valence electrons. The van der Waals surface area contributed by atoms with Crippen molar-refractivity contribution in [1.82, 2.24) is 14.9 Å². The highest BCUT2D eigenvalue weighted by Gasteiger charge is 2.11. The quantitative estimate of drug-likeness (QED) is 0.803. The van der Waals surface area contributed by atoms with E-state index < -0.39 is 5.82 Å². The summed E-state index contributed by atoms with van der Waals surface area (Å²) in [6.45, 7) is 0.512. The van der Waals surface area contributed by atoms with Crippen molar-refractivity contribution in [3.05, 3.63) is 66.2 Å². The maximum absolute atomic E-state index is 13.5. The lowest BCUT2D eigenvalue weighted by Gasteiger charge is -2.06. The first-order valence-electron chi connectivity index (χ1n) is 6.69. The highest BCUT2D eigenvalue weighted by molar-refractivity contribution is 5.89. The number of rotatable bonds is 3. The first-order valence-corrected chi connectivity index (χ1v) is 6.69. The lowest BCUT2D eigenvalue weighted by molar-refractivity contribution is 0.243. The van der Waals surface area contributed by atoms with Gasteiger partial charge in [-0.05, 0) is 24.1 Å². The molecule has 21 heavy (non-hydrogen) atoms. The van der Waals surface area contributed by atoms with Crippen molar-refractivity contribution in [3.8, 4) is 0 Å². The van der Waals surface area contributed by atoms with E-state index in [1.54, 1.807) is 12.1 Å². The van der Waals surface area contributed by atoms with Crippen LogP contribution >= 0.6 is 0 Å². The zero-order valence-electron chi connectivity index (χ0n) is 11.3. The summed E-state index contributed by atoms with van der Waals surface area (Å²) in [5.41, 5.74) is 1.82. The molecular formula is C16H14FN3O. The smallest absolute Gasteiger partial charge is 0.327 e. The number of fused-ring (bicyclic) bond motifs is 1. The van der Waals surface area contributed by atoms with Crippen molar-refractivity contribution < 1.29 is 9.18 Å². The number of imidazole rings is 1. The summed E-state index contributed by atoms with van der Waals surface area (Å²) in [7, 11) is 0. The molecule has 0 fully saturated rings. The van der Waals surface area contributed by atoms with Crippen LogP contribution in [0, 0.1) is 5.82 Å². The Morgan fingerprint density at radius 3 is 2.76 bits per heavy atom. The molecule has 1 heterocycles. The van der Waals surface area contributed by atoms with Crippen molar-refractivity contribution in [2.45, 2.75) is 6.42 Å². The number of aromatic nitrogens is 2. The van der Waals surface area contributed by atoms with Crippen LogP contribution in [0.2, 0.25) is 0 Å². The fourth-order valence-corrected chi connectivity index (χ4v) is 2.21. The van der Waals surface area contributed by atoms with Crippen molar-refractivity contribution in [3.63, 3.8) is 0 Å². The molecule has 0 aliphatic heterocycles. The number of carbonyl (C=O) groups is 1. The number of halogens is 1. The van der Waals surface area contributed by atoms with Gasteiger partial charge in [-0.15, -0.1) is 0 Å². The van der Waals surface area contributed by atoms with Crippen molar-refractivity contribution in [1.29, 1.82) is 0 Å². The minimum atomic E-state index is -0.427. The molecule has 0 bridgehead atoms. The summed E-state index contributed by atoms with van der Waals surface area (Å²) < 4.78 is 14.9. The third-order valence-electron chi connectivity index (χ3n) is 3.28. The van der Waals surface area contributed by atoms with Crippen molar-refractivity contribution in [2.24, 2.45) is 0 Å². The van der Waals surface area contributed by atoms with Crippen molar-refractivity contribution >= 4 is 17.1 Å². The van der Waals surface area contributed by atoms with Crippen LogP contribution in [0.1, 0.15) is 5.56 Å². The standard InChI is InChI=1S/C16H14FN3O/c17-13-7-4-8-14-15(13)19-11-20(14)16(21)18-10-9-12-5-2-1-3-6-12/h1-8,11H,9-10H2,(H,18,21). The molecule has 0 saturated carbocycles. The topological polar surface area (TPSA) is 46.9 Å². The van der Waals surface area contributed by atoms with Gasteiger partial charge in [0.05, 0.1) is 5.52 Å². The number of para-hydroxylation sites is 1. The monoisotopic (exact) mass is 283 g/mol. The Morgan fingerprint density at radius 2 is 1.95 bits per heavy atom. The van der Waals surface area contributed by atoms with Gasteiger partial charge in [0.1, 0.15) is 11.8 Å². The van der Waals surface area contributed by atoms with E-state index in [1.807, 2.05) is 30.3 Å². The van der Waals surface area contributed by atoms with Gasteiger partial charge < -0.3 is 5.32 Å². The molecule has 0 spiro atoms. The molecule has 2 aromatic carbocycles. The number of benzene rings is 2. The average molecular weight is 283 g/mol. The van der Waals surface area contributed by atoms with Crippen LogP contribution in [0.5, 0.6) is 0 Å². The van der Waals surface area contributed by atoms with E-state index in [9.17, 15) is 9.18 Å². The summed E-state index contributed by atoms with van der Waals surface area (Å²) in [6, 6.07) is 14.1. The van der Waals surface area contributed by atoms with Gasteiger partial charge in [0, 0.05) is 6.54 Å². The van der Waals surface area contributed by atoms with Gasteiger partial charge in [-0.1, -0.05) is 36.4 Å². The Morgan fingerprint density at radius 1 is 1.14 bits per heavy atom. The molecule has 1 N–H and O–H groups in total. The van der Waals surface area contributed by atoms with E-state index in [0.717, 1.165) is 12.0 Å². The summed E-state index contributed by atoms with van der Waals surface area (Å²) in [6.07, 6.45) is 2.08. The van der Waals surface area contributed by atoms with E-state index in [-0.39, 0.29) is 11.5 Å². The molecule has 5 heteroatoms. The number of hydrogen-bond acceptors (Lipinski definition) is 2. The van der Waals surface area contributed by atoms with Gasteiger partial charge in [-0.2, -0.15) is 0 Å². The molecule has 0 unspecified atom stereocenters. The third kappa shape index (κ3) is 2.76. The van der Waals surface area contributed by atoms with Crippen LogP contribution in [-0.2, 0) is 6.42 Å². The van der Waals surface area contributed by atoms with E-state index >= 15 is 0 Å². The maximum Gasteiger partial charge on any atom is 0.327 e. The zero-order chi connectivity index (χ0) is 14.7. The largest absolute Gasteiger partial charge is 0.337 e. The van der Waals surface area contributed by atoms with Crippen LogP contribution in [0.4, 0.5) is 9.18 Å². The van der Waals surface area contributed by atoms with Gasteiger partial charge in [0.25, 0.3) is 0 Å². The lowest BCUT2D eigenvalue weighted by atomic mass is 10.1. The highest BCUT2D eigenvalue weighted by atomic mass is 19.1. The maximum atomic E-state index is 13.5. The Bertz CT molecular complexity index is 768. The highest BCUT2D eigenvalue weighted by Crippen LogP contribution is 2.15. The molecule has 3 rings (SSSR count). The summed E-state index contributed by atoms with van der Waals surface area (Å²) >= 11 is 0. The summed E-state index contributed by atoms with van der Waals surface area (Å²) in [5.74, 6) is -0.427. The second kappa shape index (κ2) is 5.75. The second-order valence-corrected chi connectivity index (χ2v) is 4.69. The van der Waals surface area contributed by atoms with E-state index in [1.165, 1.54) is 17.0 Å². The molecule has 0 atom stereocenters. The SMILES string of the molecule is O=C(NCCc1ccccc1)n1cnc2c(F)cccc21. The zero-order valence-corrected chi connectivity index (χ0v) is 11.3. The predicted molar refractivity (Wildman–Crippen MR) is 78.6 cm³/mol. The summed E-state index contributed by atoms with van der Waals surface area (Å²) in [5, 5.41) is 2.81. The van der Waals surface area contributed by atoms with Gasteiger partial charge in [0.15, 0.2) is 5.82 Å². The van der Waals surface area contributed by atoms with Crippen LogP contribution in [0.15, 0.2) is 54.9 Å². The van der Waals surface area contributed by atoms with Crippen LogP contribution < -0.4 is 5.32 Å². The van der Waals surface area contributed by atoms with E-state index in [0.29, 0.717) is 12.1 Å². The number of nitrogens with one attached hydrogen (secondary N) is 1. The van der Waals surface area contributed by atoms with Gasteiger partial charge in [0.2, 0.25) is 0 Å². The van der Waals surface area contributed by atoms with E-state index in [2.05, 4.69) is 10.3 Å². The molecule has 3 aromatic rings. The summed E-state index contributed by atoms with van der Waals surface area (Å²) in [4.78, 5) is 16.0. The van der Waals surface area contributed by atoms with Gasteiger partial charge in [-0.3, -0.25) is 4.57 Å². The fraction of sp³-hybridized carbons (Fsp3) is 0.125. The molecule has 1 amide bonds. The van der Waals surface area contributed by atoms with Gasteiger partial charge in [-0.25, -0.2) is 14.2 Å². The van der Waals surface area contributed by atoms with Crippen molar-refractivity contribution in [2.75, 3.05) is 6.54 Å². The molecule has 0 radical (unpaired) electrons. The Kier molecular flexibility index (Phi) is 3.64.